The lowest BCUT2D eigenvalue weighted by Crippen LogP contribution is -2.36. The van der Waals surface area contributed by atoms with Gasteiger partial charge >= 0.3 is 0 Å². The highest BCUT2D eigenvalue weighted by Crippen LogP contribution is 2.32. The van der Waals surface area contributed by atoms with Gasteiger partial charge in [-0.05, 0) is 63.1 Å². The van der Waals surface area contributed by atoms with Crippen LogP contribution in [0.15, 0.2) is 53.9 Å². The van der Waals surface area contributed by atoms with Crippen molar-refractivity contribution in [1.82, 2.24) is 9.88 Å². The first-order valence-corrected chi connectivity index (χ1v) is 12.3. The lowest BCUT2D eigenvalue weighted by molar-refractivity contribution is -0.115. The number of nitrogens with one attached hydrogen (secondary N) is 1. The molecular weight excluding hydrogens is 418 g/mol. The maximum Gasteiger partial charge on any atom is 0.230 e. The minimum absolute atomic E-state index is 0.0580. The summed E-state index contributed by atoms with van der Waals surface area (Å²) in [5.41, 5.74) is 3.84. The van der Waals surface area contributed by atoms with Crippen LogP contribution in [0.1, 0.15) is 44.4 Å². The zero-order valence-corrected chi connectivity index (χ0v) is 19.7. The SMILES string of the molecule is CCOc1ccccc1-c1nc(CC(=O)Nc2ccc(CN3CCCCC3C)cc2)cs1. The Morgan fingerprint density at radius 3 is 2.78 bits per heavy atom. The molecule has 6 heteroatoms. The van der Waals surface area contributed by atoms with E-state index in [2.05, 4.69) is 34.3 Å². The number of hydrogen-bond acceptors (Lipinski definition) is 5. The summed E-state index contributed by atoms with van der Waals surface area (Å²) in [7, 11) is 0. The average molecular weight is 450 g/mol. The van der Waals surface area contributed by atoms with Gasteiger partial charge in [0.2, 0.25) is 5.91 Å². The van der Waals surface area contributed by atoms with Crippen LogP contribution in [0.3, 0.4) is 0 Å². The molecule has 1 saturated heterocycles. The monoisotopic (exact) mass is 449 g/mol. The van der Waals surface area contributed by atoms with E-state index in [9.17, 15) is 4.79 Å². The van der Waals surface area contributed by atoms with Gasteiger partial charge < -0.3 is 10.1 Å². The van der Waals surface area contributed by atoms with Crippen molar-refractivity contribution in [3.05, 3.63) is 65.2 Å². The third kappa shape index (κ3) is 5.75. The zero-order chi connectivity index (χ0) is 22.3. The maximum absolute atomic E-state index is 12.6. The fraction of sp³-hybridized carbons (Fsp3) is 0.385. The van der Waals surface area contributed by atoms with Gasteiger partial charge in [0.05, 0.1) is 24.3 Å². The highest BCUT2D eigenvalue weighted by atomic mass is 32.1. The molecule has 1 amide bonds. The van der Waals surface area contributed by atoms with E-state index in [4.69, 9.17) is 4.74 Å². The molecule has 0 bridgehead atoms. The number of likely N-dealkylation sites (tertiary alicyclic amines) is 1. The van der Waals surface area contributed by atoms with E-state index >= 15 is 0 Å². The van der Waals surface area contributed by atoms with Gasteiger partial charge in [-0.1, -0.05) is 30.7 Å². The van der Waals surface area contributed by atoms with Crippen LogP contribution in [0.2, 0.25) is 0 Å². The van der Waals surface area contributed by atoms with Crippen molar-refractivity contribution in [2.75, 3.05) is 18.5 Å². The number of benzene rings is 2. The Bertz CT molecular complexity index is 1030. The van der Waals surface area contributed by atoms with Crippen LogP contribution in [-0.2, 0) is 17.8 Å². The van der Waals surface area contributed by atoms with Crippen LogP contribution in [0.25, 0.3) is 10.6 Å². The Kier molecular flexibility index (Phi) is 7.55. The number of carbonyl (C=O) groups excluding carboxylic acids is 1. The van der Waals surface area contributed by atoms with Gasteiger partial charge in [0.25, 0.3) is 0 Å². The summed E-state index contributed by atoms with van der Waals surface area (Å²) in [6, 6.07) is 16.7. The Morgan fingerprint density at radius 2 is 2.00 bits per heavy atom. The summed E-state index contributed by atoms with van der Waals surface area (Å²) in [5, 5.41) is 5.81. The highest BCUT2D eigenvalue weighted by Gasteiger charge is 2.18. The average Bonchev–Trinajstić information content (AvgIpc) is 3.25. The number of carbonyl (C=O) groups is 1. The number of anilines is 1. The second-order valence-electron chi connectivity index (χ2n) is 8.31. The molecule has 1 aromatic heterocycles. The largest absolute Gasteiger partial charge is 0.493 e. The topological polar surface area (TPSA) is 54.5 Å². The quantitative estimate of drug-likeness (QED) is 0.475. The Labute approximate surface area is 194 Å². The van der Waals surface area contributed by atoms with E-state index in [-0.39, 0.29) is 12.3 Å². The highest BCUT2D eigenvalue weighted by molar-refractivity contribution is 7.13. The van der Waals surface area contributed by atoms with E-state index in [0.29, 0.717) is 12.6 Å². The minimum Gasteiger partial charge on any atom is -0.493 e. The van der Waals surface area contributed by atoms with Crippen molar-refractivity contribution in [3.8, 4) is 16.3 Å². The molecule has 2 aromatic carbocycles. The van der Waals surface area contributed by atoms with Crippen LogP contribution in [0, 0.1) is 0 Å². The van der Waals surface area contributed by atoms with Gasteiger partial charge in [-0.15, -0.1) is 11.3 Å². The summed E-state index contributed by atoms with van der Waals surface area (Å²) < 4.78 is 5.71. The van der Waals surface area contributed by atoms with Crippen LogP contribution >= 0.6 is 11.3 Å². The number of para-hydroxylation sites is 1. The van der Waals surface area contributed by atoms with E-state index in [1.807, 2.05) is 48.7 Å². The molecule has 1 aliphatic heterocycles. The van der Waals surface area contributed by atoms with Gasteiger partial charge in [0.15, 0.2) is 0 Å². The molecule has 1 fully saturated rings. The number of aromatic nitrogens is 1. The molecular formula is C26H31N3O2S. The number of amides is 1. The Balaban J connectivity index is 1.33. The Morgan fingerprint density at radius 1 is 1.19 bits per heavy atom. The van der Waals surface area contributed by atoms with Gasteiger partial charge in [-0.2, -0.15) is 0 Å². The summed E-state index contributed by atoms with van der Waals surface area (Å²) in [6.07, 6.45) is 4.15. The number of ether oxygens (including phenoxy) is 1. The van der Waals surface area contributed by atoms with E-state index in [0.717, 1.165) is 34.2 Å². The van der Waals surface area contributed by atoms with Crippen molar-refractivity contribution in [2.45, 2.75) is 52.1 Å². The normalized spacial score (nSPS) is 16.6. The summed E-state index contributed by atoms with van der Waals surface area (Å²) in [6.45, 7) is 7.03. The number of thiazole rings is 1. The van der Waals surface area contributed by atoms with Crippen LogP contribution in [0.4, 0.5) is 5.69 Å². The first-order valence-electron chi connectivity index (χ1n) is 11.4. The third-order valence-corrected chi connectivity index (χ3v) is 6.80. The van der Waals surface area contributed by atoms with Crippen molar-refractivity contribution in [1.29, 1.82) is 0 Å². The number of rotatable bonds is 8. The van der Waals surface area contributed by atoms with Crippen LogP contribution in [0.5, 0.6) is 5.75 Å². The van der Waals surface area contributed by atoms with Gasteiger partial charge in [0.1, 0.15) is 10.8 Å². The predicted molar refractivity (Wildman–Crippen MR) is 131 cm³/mol. The minimum atomic E-state index is -0.0580. The molecule has 32 heavy (non-hydrogen) atoms. The smallest absolute Gasteiger partial charge is 0.230 e. The first kappa shape index (κ1) is 22.5. The zero-order valence-electron chi connectivity index (χ0n) is 18.8. The number of hydrogen-bond donors (Lipinski definition) is 1. The molecule has 0 saturated carbocycles. The van der Waals surface area contributed by atoms with Crippen molar-refractivity contribution >= 4 is 22.9 Å². The van der Waals surface area contributed by atoms with Gasteiger partial charge in [-0.25, -0.2) is 4.98 Å². The molecule has 0 aliphatic carbocycles. The van der Waals surface area contributed by atoms with E-state index in [1.165, 1.54) is 42.7 Å². The van der Waals surface area contributed by atoms with E-state index < -0.39 is 0 Å². The van der Waals surface area contributed by atoms with Crippen molar-refractivity contribution in [2.24, 2.45) is 0 Å². The lowest BCUT2D eigenvalue weighted by atomic mass is 10.0. The van der Waals surface area contributed by atoms with Gasteiger partial charge in [0, 0.05) is 23.7 Å². The molecule has 168 valence electrons. The van der Waals surface area contributed by atoms with Crippen LogP contribution in [-0.4, -0.2) is 35.0 Å². The maximum atomic E-state index is 12.6. The molecule has 4 rings (SSSR count). The number of piperidine rings is 1. The standard InChI is InChI=1S/C26H31N3O2S/c1-3-31-24-10-5-4-9-23(24)26-28-22(18-32-26)16-25(30)27-21-13-11-20(12-14-21)17-29-15-7-6-8-19(29)2/h4-5,9-14,18-19H,3,6-8,15-17H2,1-2H3,(H,27,30). The summed E-state index contributed by atoms with van der Waals surface area (Å²) >= 11 is 1.53. The first-order chi connectivity index (χ1) is 15.6. The summed E-state index contributed by atoms with van der Waals surface area (Å²) in [4.78, 5) is 19.8. The predicted octanol–water partition coefficient (Wildman–Crippen LogP) is 5.76. The second kappa shape index (κ2) is 10.7. The molecule has 2 heterocycles. The summed E-state index contributed by atoms with van der Waals surface area (Å²) in [5.74, 6) is 0.761. The number of nitrogens with zero attached hydrogens (tertiary/aromatic N) is 2. The van der Waals surface area contributed by atoms with Crippen molar-refractivity contribution < 1.29 is 9.53 Å². The fourth-order valence-corrected chi connectivity index (χ4v) is 4.98. The molecule has 1 N–H and O–H groups in total. The third-order valence-electron chi connectivity index (χ3n) is 5.87. The molecule has 3 aromatic rings. The fourth-order valence-electron chi connectivity index (χ4n) is 4.13. The lowest BCUT2D eigenvalue weighted by Gasteiger charge is -2.33. The van der Waals surface area contributed by atoms with E-state index in [1.54, 1.807) is 0 Å². The molecule has 5 nitrogen and oxygen atoms in total. The molecule has 1 aliphatic rings. The molecule has 0 radical (unpaired) electrons. The van der Waals surface area contributed by atoms with Crippen LogP contribution < -0.4 is 10.1 Å². The molecule has 1 atom stereocenters. The Hall–Kier alpha value is -2.70. The second-order valence-corrected chi connectivity index (χ2v) is 9.17. The molecule has 0 spiro atoms. The van der Waals surface area contributed by atoms with Gasteiger partial charge in [-0.3, -0.25) is 9.69 Å². The van der Waals surface area contributed by atoms with Crippen molar-refractivity contribution in [3.63, 3.8) is 0 Å². The molecule has 1 unspecified atom stereocenters.